The van der Waals surface area contributed by atoms with Gasteiger partial charge in [-0.25, -0.2) is 0 Å². The molecular weight excluding hydrogens is 308 g/mol. The van der Waals surface area contributed by atoms with E-state index in [0.29, 0.717) is 19.0 Å². The Labute approximate surface area is 142 Å². The Bertz CT molecular complexity index is 591. The van der Waals surface area contributed by atoms with Gasteiger partial charge in [0, 0.05) is 13.5 Å². The Morgan fingerprint density at radius 1 is 1.21 bits per heavy atom. The van der Waals surface area contributed by atoms with Crippen molar-refractivity contribution in [1.29, 1.82) is 0 Å². The molecule has 0 unspecified atom stereocenters. The molecule has 0 N–H and O–H groups in total. The van der Waals surface area contributed by atoms with Gasteiger partial charge in [-0.1, -0.05) is 30.3 Å². The first kappa shape index (κ1) is 17.0. The highest BCUT2D eigenvalue weighted by Crippen LogP contribution is 2.57. The van der Waals surface area contributed by atoms with Crippen molar-refractivity contribution in [2.45, 2.75) is 45.7 Å². The van der Waals surface area contributed by atoms with E-state index in [1.807, 2.05) is 43.3 Å². The molecule has 1 saturated carbocycles. The Morgan fingerprint density at radius 2 is 1.96 bits per heavy atom. The van der Waals surface area contributed by atoms with Gasteiger partial charge in [-0.15, -0.1) is 0 Å². The molecule has 130 valence electrons. The van der Waals surface area contributed by atoms with Gasteiger partial charge in [-0.2, -0.15) is 0 Å². The standard InChI is InChI=1S/C19H24O5/c1-3-21-17-11-16(13-22-14(2)20)24-18(19(17)9-10-19)23-12-15-7-5-4-6-8-15/h4-8,11,17-18H,3,9-10,12-13H2,1-2H3/t17-,18+/m1/s1. The van der Waals surface area contributed by atoms with Crippen molar-refractivity contribution in [3.05, 3.63) is 47.7 Å². The third-order valence-electron chi connectivity index (χ3n) is 4.47. The van der Waals surface area contributed by atoms with Crippen molar-refractivity contribution >= 4 is 5.97 Å². The Hall–Kier alpha value is -1.85. The van der Waals surface area contributed by atoms with E-state index in [9.17, 15) is 4.79 Å². The molecule has 0 bridgehead atoms. The van der Waals surface area contributed by atoms with Gasteiger partial charge in [0.2, 0.25) is 6.29 Å². The zero-order valence-corrected chi connectivity index (χ0v) is 14.2. The van der Waals surface area contributed by atoms with Crippen LogP contribution in [-0.4, -0.2) is 31.6 Å². The molecule has 3 rings (SSSR count). The fourth-order valence-corrected chi connectivity index (χ4v) is 3.02. The van der Waals surface area contributed by atoms with Crippen molar-refractivity contribution < 1.29 is 23.7 Å². The fraction of sp³-hybridized carbons (Fsp3) is 0.526. The zero-order valence-electron chi connectivity index (χ0n) is 14.2. The molecule has 1 aliphatic carbocycles. The summed E-state index contributed by atoms with van der Waals surface area (Å²) >= 11 is 0. The highest BCUT2D eigenvalue weighted by Gasteiger charge is 2.59. The number of hydrogen-bond acceptors (Lipinski definition) is 5. The third kappa shape index (κ3) is 3.79. The van der Waals surface area contributed by atoms with Crippen molar-refractivity contribution in [2.75, 3.05) is 13.2 Å². The van der Waals surface area contributed by atoms with Crippen molar-refractivity contribution in [2.24, 2.45) is 5.41 Å². The molecule has 0 radical (unpaired) electrons. The maximum absolute atomic E-state index is 11.1. The van der Waals surface area contributed by atoms with Crippen LogP contribution in [0, 0.1) is 5.41 Å². The zero-order chi connectivity index (χ0) is 17.0. The molecule has 2 atom stereocenters. The van der Waals surface area contributed by atoms with E-state index in [1.165, 1.54) is 6.92 Å². The predicted molar refractivity (Wildman–Crippen MR) is 87.9 cm³/mol. The lowest BCUT2D eigenvalue weighted by atomic mass is 9.95. The molecule has 1 fully saturated rings. The van der Waals surface area contributed by atoms with Gasteiger partial charge >= 0.3 is 5.97 Å². The second kappa shape index (κ2) is 7.36. The number of rotatable bonds is 7. The van der Waals surface area contributed by atoms with Gasteiger partial charge in [0.1, 0.15) is 12.4 Å². The van der Waals surface area contributed by atoms with E-state index in [1.54, 1.807) is 0 Å². The Kier molecular flexibility index (Phi) is 5.21. The summed E-state index contributed by atoms with van der Waals surface area (Å²) in [6.45, 7) is 4.57. The summed E-state index contributed by atoms with van der Waals surface area (Å²) in [6.07, 6.45) is 3.50. The van der Waals surface area contributed by atoms with Crippen LogP contribution in [0.2, 0.25) is 0 Å². The summed E-state index contributed by atoms with van der Waals surface area (Å²) in [5.41, 5.74) is 0.978. The number of ether oxygens (including phenoxy) is 4. The minimum Gasteiger partial charge on any atom is -0.465 e. The van der Waals surface area contributed by atoms with Crippen LogP contribution in [0.15, 0.2) is 42.2 Å². The number of carbonyl (C=O) groups is 1. The van der Waals surface area contributed by atoms with Crippen LogP contribution >= 0.6 is 0 Å². The third-order valence-corrected chi connectivity index (χ3v) is 4.47. The van der Waals surface area contributed by atoms with Crippen LogP contribution in [0.3, 0.4) is 0 Å². The fourth-order valence-electron chi connectivity index (χ4n) is 3.02. The molecule has 0 aromatic heterocycles. The Balaban J connectivity index is 1.70. The molecule has 1 aromatic carbocycles. The van der Waals surface area contributed by atoms with E-state index in [-0.39, 0.29) is 30.4 Å². The van der Waals surface area contributed by atoms with E-state index in [2.05, 4.69) is 0 Å². The van der Waals surface area contributed by atoms with Crippen molar-refractivity contribution in [3.63, 3.8) is 0 Å². The maximum Gasteiger partial charge on any atom is 0.303 e. The van der Waals surface area contributed by atoms with Crippen LogP contribution in [0.4, 0.5) is 0 Å². The molecule has 0 saturated heterocycles. The molecule has 1 aliphatic heterocycles. The Morgan fingerprint density at radius 3 is 2.58 bits per heavy atom. The van der Waals surface area contributed by atoms with Crippen LogP contribution in [0.5, 0.6) is 0 Å². The summed E-state index contributed by atoms with van der Waals surface area (Å²) in [5, 5.41) is 0. The topological polar surface area (TPSA) is 54.0 Å². The molecule has 24 heavy (non-hydrogen) atoms. The van der Waals surface area contributed by atoms with Gasteiger partial charge in [-0.3, -0.25) is 4.79 Å². The van der Waals surface area contributed by atoms with Crippen molar-refractivity contribution in [3.8, 4) is 0 Å². The minimum absolute atomic E-state index is 0.0671. The van der Waals surface area contributed by atoms with Gasteiger partial charge < -0.3 is 18.9 Å². The molecule has 1 heterocycles. The normalized spacial score (nSPS) is 24.2. The van der Waals surface area contributed by atoms with Crippen LogP contribution in [-0.2, 0) is 30.3 Å². The lowest BCUT2D eigenvalue weighted by molar-refractivity contribution is -0.205. The van der Waals surface area contributed by atoms with Crippen molar-refractivity contribution in [1.82, 2.24) is 0 Å². The van der Waals surface area contributed by atoms with E-state index in [4.69, 9.17) is 18.9 Å². The van der Waals surface area contributed by atoms with Crippen LogP contribution in [0.1, 0.15) is 32.3 Å². The first-order valence-electron chi connectivity index (χ1n) is 8.42. The first-order valence-corrected chi connectivity index (χ1v) is 8.42. The quantitative estimate of drug-likeness (QED) is 0.718. The lowest BCUT2D eigenvalue weighted by Gasteiger charge is -2.37. The van der Waals surface area contributed by atoms with Gasteiger partial charge in [-0.05, 0) is 31.4 Å². The van der Waals surface area contributed by atoms with Gasteiger partial charge in [0.25, 0.3) is 0 Å². The highest BCUT2D eigenvalue weighted by molar-refractivity contribution is 5.66. The number of hydrogen-bond donors (Lipinski definition) is 0. The van der Waals surface area contributed by atoms with E-state index >= 15 is 0 Å². The number of esters is 1. The summed E-state index contributed by atoms with van der Waals surface area (Å²) in [6, 6.07) is 10.0. The average Bonchev–Trinajstić information content (AvgIpc) is 3.37. The van der Waals surface area contributed by atoms with Crippen LogP contribution in [0.25, 0.3) is 0 Å². The largest absolute Gasteiger partial charge is 0.465 e. The lowest BCUT2D eigenvalue weighted by Crippen LogP contribution is -2.42. The monoisotopic (exact) mass is 332 g/mol. The predicted octanol–water partition coefficient (Wildman–Crippen LogP) is 3.19. The van der Waals surface area contributed by atoms with Gasteiger partial charge in [0.05, 0.1) is 18.1 Å². The van der Waals surface area contributed by atoms with E-state index in [0.717, 1.165) is 18.4 Å². The summed E-state index contributed by atoms with van der Waals surface area (Å²) in [7, 11) is 0. The minimum atomic E-state index is -0.384. The first-order chi connectivity index (χ1) is 11.6. The van der Waals surface area contributed by atoms with Crippen LogP contribution < -0.4 is 0 Å². The SMILES string of the molecule is CCO[C@@H]1C=C(COC(C)=O)O[C@H](OCc2ccccc2)C12CC2. The molecular formula is C19H24O5. The summed E-state index contributed by atoms with van der Waals surface area (Å²) in [5.74, 6) is 0.264. The van der Waals surface area contributed by atoms with Gasteiger partial charge in [0.15, 0.2) is 0 Å². The molecule has 5 nitrogen and oxygen atoms in total. The highest BCUT2D eigenvalue weighted by atomic mass is 16.7. The molecule has 5 heteroatoms. The maximum atomic E-state index is 11.1. The molecule has 1 aromatic rings. The average molecular weight is 332 g/mol. The number of benzene rings is 1. The summed E-state index contributed by atoms with van der Waals surface area (Å²) in [4.78, 5) is 11.1. The number of carbonyl (C=O) groups excluding carboxylic acids is 1. The molecule has 2 aliphatic rings. The second-order valence-electron chi connectivity index (χ2n) is 6.27. The molecule has 1 spiro atoms. The van der Waals surface area contributed by atoms with E-state index < -0.39 is 0 Å². The second-order valence-corrected chi connectivity index (χ2v) is 6.27. The smallest absolute Gasteiger partial charge is 0.303 e. The summed E-state index contributed by atoms with van der Waals surface area (Å²) < 4.78 is 23.0. The molecule has 0 amide bonds.